The first-order chi connectivity index (χ1) is 18.1. The molecule has 0 radical (unpaired) electrons. The lowest BCUT2D eigenvalue weighted by Gasteiger charge is -2.16. The Bertz CT molecular complexity index is 1340. The van der Waals surface area contributed by atoms with Crippen molar-refractivity contribution in [3.63, 3.8) is 0 Å². The predicted octanol–water partition coefficient (Wildman–Crippen LogP) is 7.22. The second-order valence-electron chi connectivity index (χ2n) is 8.92. The van der Waals surface area contributed by atoms with Crippen LogP contribution in [0, 0.1) is 0 Å². The molecule has 10 heteroatoms. The van der Waals surface area contributed by atoms with Crippen LogP contribution < -0.4 is 18.9 Å². The molecule has 0 saturated carbocycles. The minimum absolute atomic E-state index is 0.153. The molecule has 0 amide bonds. The zero-order chi connectivity index (χ0) is 27.7. The lowest BCUT2D eigenvalue weighted by atomic mass is 10.1. The summed E-state index contributed by atoms with van der Waals surface area (Å²) in [5, 5.41) is 43.9. The maximum Gasteiger partial charge on any atom is 0.178 e. The van der Waals surface area contributed by atoms with Crippen LogP contribution in [-0.4, -0.2) is 46.9 Å². The number of aromatic hydroxyl groups is 4. The maximum absolute atomic E-state index is 11.0. The van der Waals surface area contributed by atoms with Crippen LogP contribution in [0.15, 0.2) is 36.4 Å². The van der Waals surface area contributed by atoms with Gasteiger partial charge in [0.25, 0.3) is 0 Å². The van der Waals surface area contributed by atoms with E-state index in [-0.39, 0.29) is 22.0 Å². The zero-order valence-electron chi connectivity index (χ0n) is 21.9. The van der Waals surface area contributed by atoms with Crippen LogP contribution in [0.5, 0.6) is 46.0 Å². The van der Waals surface area contributed by atoms with E-state index in [2.05, 4.69) is 0 Å². The van der Waals surface area contributed by atoms with Crippen molar-refractivity contribution in [1.29, 1.82) is 0 Å². The van der Waals surface area contributed by atoms with Gasteiger partial charge in [0.2, 0.25) is 0 Å². The average Bonchev–Trinajstić information content (AvgIpc) is 3.32. The molecule has 0 aliphatic heterocycles. The molecule has 0 bridgehead atoms. The van der Waals surface area contributed by atoms with E-state index in [9.17, 15) is 20.4 Å². The summed E-state index contributed by atoms with van der Waals surface area (Å²) >= 11 is 2.07. The first-order valence-corrected chi connectivity index (χ1v) is 13.5. The van der Waals surface area contributed by atoms with Crippen molar-refractivity contribution >= 4 is 22.7 Å². The second-order valence-corrected chi connectivity index (χ2v) is 11.0. The summed E-state index contributed by atoms with van der Waals surface area (Å²) in [6.45, 7) is 7.51. The summed E-state index contributed by atoms with van der Waals surface area (Å²) in [5.41, 5.74) is 0.927. The van der Waals surface area contributed by atoms with Crippen LogP contribution in [0.1, 0.15) is 27.7 Å². The first-order valence-electron chi connectivity index (χ1n) is 11.9. The highest BCUT2D eigenvalue weighted by Gasteiger charge is 2.31. The normalized spacial score (nSPS) is 11.3. The van der Waals surface area contributed by atoms with Gasteiger partial charge < -0.3 is 39.4 Å². The van der Waals surface area contributed by atoms with E-state index < -0.39 is 23.0 Å². The molecule has 4 rings (SSSR count). The Kier molecular flexibility index (Phi) is 7.84. The number of thiophene rings is 2. The Balaban J connectivity index is 1.92. The van der Waals surface area contributed by atoms with Gasteiger partial charge in [-0.3, -0.25) is 0 Å². The van der Waals surface area contributed by atoms with Gasteiger partial charge in [0, 0.05) is 0 Å². The van der Waals surface area contributed by atoms with Gasteiger partial charge in [-0.1, -0.05) is 12.1 Å². The molecule has 0 fully saturated rings. The molecule has 2 heterocycles. The minimum atomic E-state index is -0.437. The Morgan fingerprint density at radius 1 is 0.526 bits per heavy atom. The second kappa shape index (κ2) is 10.9. The number of hydrogen-bond acceptors (Lipinski definition) is 10. The highest BCUT2D eigenvalue weighted by molar-refractivity contribution is 7.26. The van der Waals surface area contributed by atoms with Crippen LogP contribution in [0.4, 0.5) is 0 Å². The van der Waals surface area contributed by atoms with Crippen molar-refractivity contribution in [1.82, 2.24) is 0 Å². The molecule has 0 atom stereocenters. The molecule has 8 nitrogen and oxygen atoms in total. The van der Waals surface area contributed by atoms with E-state index in [4.69, 9.17) is 18.9 Å². The van der Waals surface area contributed by atoms with Crippen molar-refractivity contribution in [3.05, 3.63) is 36.4 Å². The van der Waals surface area contributed by atoms with Crippen LogP contribution >= 0.6 is 22.7 Å². The SMILES string of the molecule is COc1cccc(OC(C)C)c1-c1sc(-c2sc(-c3c(OC)cccc3OC(C)C)c(O)c2O)c(O)c1O. The van der Waals surface area contributed by atoms with Crippen molar-refractivity contribution < 1.29 is 39.4 Å². The fourth-order valence-corrected chi connectivity index (χ4v) is 6.41. The van der Waals surface area contributed by atoms with Gasteiger partial charge in [-0.05, 0) is 52.0 Å². The molecular formula is C28H30O8S2. The Hall–Kier alpha value is -3.76. The summed E-state index contributed by atoms with van der Waals surface area (Å²) in [7, 11) is 3.01. The van der Waals surface area contributed by atoms with E-state index in [1.807, 2.05) is 27.7 Å². The Morgan fingerprint density at radius 2 is 0.842 bits per heavy atom. The maximum atomic E-state index is 11.0. The minimum Gasteiger partial charge on any atom is -0.503 e. The van der Waals surface area contributed by atoms with Gasteiger partial charge in [0.05, 0.1) is 57.1 Å². The van der Waals surface area contributed by atoms with E-state index in [1.54, 1.807) is 36.4 Å². The third-order valence-corrected chi connectivity index (χ3v) is 8.05. The lowest BCUT2D eigenvalue weighted by molar-refractivity contribution is 0.242. The molecule has 202 valence electrons. The number of methoxy groups -OCH3 is 2. The quantitative estimate of drug-likeness (QED) is 0.170. The zero-order valence-corrected chi connectivity index (χ0v) is 23.5. The molecule has 2 aromatic heterocycles. The molecular weight excluding hydrogens is 528 g/mol. The van der Waals surface area contributed by atoms with Gasteiger partial charge >= 0.3 is 0 Å². The summed E-state index contributed by atoms with van der Waals surface area (Å²) in [5.74, 6) is 0.152. The van der Waals surface area contributed by atoms with Crippen LogP contribution in [0.2, 0.25) is 0 Å². The molecule has 4 N–H and O–H groups in total. The number of hydrogen-bond donors (Lipinski definition) is 4. The van der Waals surface area contributed by atoms with E-state index in [0.717, 1.165) is 22.7 Å². The Labute approximate surface area is 228 Å². The predicted molar refractivity (Wildman–Crippen MR) is 150 cm³/mol. The van der Waals surface area contributed by atoms with Crippen LogP contribution in [0.25, 0.3) is 30.6 Å². The largest absolute Gasteiger partial charge is 0.503 e. The molecule has 0 aliphatic carbocycles. The highest BCUT2D eigenvalue weighted by atomic mass is 32.1. The molecule has 0 saturated heterocycles. The van der Waals surface area contributed by atoms with E-state index in [0.29, 0.717) is 43.9 Å². The first kappa shape index (κ1) is 27.3. The fourth-order valence-electron chi connectivity index (χ4n) is 3.99. The van der Waals surface area contributed by atoms with E-state index >= 15 is 0 Å². The molecule has 0 unspecified atom stereocenters. The van der Waals surface area contributed by atoms with Gasteiger partial charge in [-0.25, -0.2) is 0 Å². The standard InChI is InChI=1S/C28H30O8S2/c1-13(2)35-17-11-7-9-15(33-5)19(17)25-21(29)23(31)27(37-25)28-24(32)22(30)26(38-28)20-16(34-6)10-8-12-18(20)36-14(3)4/h7-14,29-32H,1-6H3. The van der Waals surface area contributed by atoms with Crippen molar-refractivity contribution in [2.45, 2.75) is 39.9 Å². The van der Waals surface area contributed by atoms with Crippen LogP contribution in [-0.2, 0) is 0 Å². The monoisotopic (exact) mass is 558 g/mol. The smallest absolute Gasteiger partial charge is 0.178 e. The van der Waals surface area contributed by atoms with Gasteiger partial charge in [-0.15, -0.1) is 22.7 Å². The summed E-state index contributed by atoms with van der Waals surface area (Å²) in [4.78, 5) is 0.925. The topological polar surface area (TPSA) is 118 Å². The average molecular weight is 559 g/mol. The van der Waals surface area contributed by atoms with Crippen molar-refractivity contribution in [3.8, 4) is 76.6 Å². The number of ether oxygens (including phenoxy) is 4. The summed E-state index contributed by atoms with van der Waals surface area (Å²) < 4.78 is 22.9. The lowest BCUT2D eigenvalue weighted by Crippen LogP contribution is -2.06. The fraction of sp³-hybridized carbons (Fsp3) is 0.286. The van der Waals surface area contributed by atoms with Gasteiger partial charge in [0.1, 0.15) is 23.0 Å². The summed E-state index contributed by atoms with van der Waals surface area (Å²) in [6, 6.07) is 10.5. The van der Waals surface area contributed by atoms with Crippen molar-refractivity contribution in [2.75, 3.05) is 14.2 Å². The van der Waals surface area contributed by atoms with Crippen LogP contribution in [0.3, 0.4) is 0 Å². The third-order valence-electron chi connectivity index (χ3n) is 5.52. The third kappa shape index (κ3) is 4.89. The molecule has 4 aromatic rings. The van der Waals surface area contributed by atoms with Gasteiger partial charge in [0.15, 0.2) is 23.0 Å². The summed E-state index contributed by atoms with van der Waals surface area (Å²) in [6.07, 6.45) is -0.306. The highest BCUT2D eigenvalue weighted by Crippen LogP contribution is 2.61. The molecule has 38 heavy (non-hydrogen) atoms. The molecule has 0 spiro atoms. The molecule has 0 aliphatic rings. The Morgan fingerprint density at radius 3 is 1.16 bits per heavy atom. The van der Waals surface area contributed by atoms with Crippen molar-refractivity contribution in [2.24, 2.45) is 0 Å². The number of rotatable bonds is 9. The molecule has 2 aromatic carbocycles. The number of benzene rings is 2. The van der Waals surface area contributed by atoms with Gasteiger partial charge in [-0.2, -0.15) is 0 Å². The van der Waals surface area contributed by atoms with E-state index in [1.165, 1.54) is 14.2 Å².